The smallest absolute Gasteiger partial charge is 0.246 e. The van der Waals surface area contributed by atoms with Gasteiger partial charge in [-0.15, -0.1) is 11.3 Å². The first-order chi connectivity index (χ1) is 28.7. The summed E-state index contributed by atoms with van der Waals surface area (Å²) in [7, 11) is 0. The van der Waals surface area contributed by atoms with Crippen LogP contribution in [0.1, 0.15) is 51.4 Å². The number of phenolic OH excluding ortho intramolecular Hbond substituents is 1. The Labute approximate surface area is 353 Å². The zero-order chi connectivity index (χ0) is 42.7. The summed E-state index contributed by atoms with van der Waals surface area (Å²) in [6.07, 6.45) is 0.761. The van der Waals surface area contributed by atoms with Gasteiger partial charge in [0.15, 0.2) is 0 Å². The minimum absolute atomic E-state index is 0.0190. The number of benzene rings is 3. The van der Waals surface area contributed by atoms with Crippen molar-refractivity contribution in [1.29, 1.82) is 0 Å². The van der Waals surface area contributed by atoms with Gasteiger partial charge in [0.05, 0.1) is 52.4 Å². The van der Waals surface area contributed by atoms with Crippen molar-refractivity contribution in [2.24, 2.45) is 5.41 Å². The van der Waals surface area contributed by atoms with Crippen molar-refractivity contribution in [3.63, 3.8) is 0 Å². The summed E-state index contributed by atoms with van der Waals surface area (Å²) < 4.78 is 15.6. The van der Waals surface area contributed by atoms with Crippen LogP contribution < -0.4 is 15.5 Å². The molecule has 314 valence electrons. The largest absolute Gasteiger partial charge is 0.507 e. The summed E-state index contributed by atoms with van der Waals surface area (Å²) in [5.41, 5.74) is 6.75. The fraction of sp³-hybridized carbons (Fsp3) is 0.378. The van der Waals surface area contributed by atoms with Gasteiger partial charge in [-0.25, -0.2) is 9.37 Å². The molecule has 0 radical (unpaired) electrons. The second-order valence-electron chi connectivity index (χ2n) is 16.7. The van der Waals surface area contributed by atoms with Crippen LogP contribution in [0, 0.1) is 18.2 Å². The summed E-state index contributed by atoms with van der Waals surface area (Å²) in [6, 6.07) is 19.3. The third kappa shape index (κ3) is 9.48. The predicted octanol–water partition coefficient (Wildman–Crippen LogP) is 5.58. The number of hydrogen-bond acceptors (Lipinski definition) is 11. The first kappa shape index (κ1) is 42.4. The third-order valence-corrected chi connectivity index (χ3v) is 12.2. The number of para-hydroxylation sites is 1. The van der Waals surface area contributed by atoms with Crippen molar-refractivity contribution in [3.05, 3.63) is 102 Å². The molecule has 4 heterocycles. The molecule has 2 aliphatic rings. The zero-order valence-electron chi connectivity index (χ0n) is 34.4. The van der Waals surface area contributed by atoms with Gasteiger partial charge >= 0.3 is 0 Å². The van der Waals surface area contributed by atoms with E-state index in [9.17, 15) is 24.6 Å². The van der Waals surface area contributed by atoms with E-state index in [4.69, 9.17) is 0 Å². The molecule has 3 aromatic carbocycles. The highest BCUT2D eigenvalue weighted by Crippen LogP contribution is 2.33. The Morgan fingerprint density at radius 1 is 0.950 bits per heavy atom. The van der Waals surface area contributed by atoms with Crippen molar-refractivity contribution in [2.75, 3.05) is 44.2 Å². The fourth-order valence-electron chi connectivity index (χ4n) is 7.86. The molecule has 0 bridgehead atoms. The van der Waals surface area contributed by atoms with Gasteiger partial charge in [0, 0.05) is 50.3 Å². The number of nitrogens with one attached hydrogen (secondary N) is 2. The number of anilines is 1. The number of aromatic hydroxyl groups is 1. The lowest BCUT2D eigenvalue weighted by Gasteiger charge is -2.38. The van der Waals surface area contributed by atoms with E-state index in [1.54, 1.807) is 53.9 Å². The molecule has 4 atom stereocenters. The van der Waals surface area contributed by atoms with E-state index in [0.717, 1.165) is 21.7 Å². The van der Waals surface area contributed by atoms with Gasteiger partial charge in [-0.1, -0.05) is 63.2 Å². The van der Waals surface area contributed by atoms with Crippen LogP contribution in [-0.2, 0) is 14.4 Å². The van der Waals surface area contributed by atoms with Crippen LogP contribution in [0.2, 0.25) is 0 Å². The predicted molar refractivity (Wildman–Crippen MR) is 230 cm³/mol. The molecular formula is C45H51FN8O5S. The Hall–Kier alpha value is -5.77. The first-order valence-electron chi connectivity index (χ1n) is 20.1. The molecule has 2 aromatic heterocycles. The minimum Gasteiger partial charge on any atom is -0.507 e. The van der Waals surface area contributed by atoms with Crippen molar-refractivity contribution in [2.45, 2.75) is 65.3 Å². The number of β-amino-alcohol motifs (C(OH)–C–C–N with tert-alkyl or cyclic N) is 1. The zero-order valence-corrected chi connectivity index (χ0v) is 35.2. The number of carbonyl (C=O) groups is 3. The minimum atomic E-state index is -0.954. The first-order valence-corrected chi connectivity index (χ1v) is 21.0. The summed E-state index contributed by atoms with van der Waals surface area (Å²) in [5.74, 6) is -1.45. The van der Waals surface area contributed by atoms with Crippen LogP contribution in [0.4, 0.5) is 10.1 Å². The molecule has 5 aromatic rings. The number of halogens is 1. The summed E-state index contributed by atoms with van der Waals surface area (Å²) >= 11 is 1.57. The summed E-state index contributed by atoms with van der Waals surface area (Å²) in [4.78, 5) is 52.2. The molecule has 15 heteroatoms. The SMILES string of the molecule is Cc1ncsc1-c1ccc([C@H](C)NC(=O)[C@@H]2C[C@@H](O)CN2C(=O)C(NC(=O)CN2CCN(c3ccc(-c4cnnc(-c5ccccc5O)c4)cc3F)CC2)C(C)(C)C)cc1. The average Bonchev–Trinajstić information content (AvgIpc) is 3.85. The fourth-order valence-corrected chi connectivity index (χ4v) is 8.67. The molecular weight excluding hydrogens is 784 g/mol. The third-order valence-electron chi connectivity index (χ3n) is 11.3. The number of likely N-dealkylation sites (tertiary alicyclic amines) is 1. The normalized spacial score (nSPS) is 18.2. The van der Waals surface area contributed by atoms with Crippen LogP contribution in [0.5, 0.6) is 5.75 Å². The summed E-state index contributed by atoms with van der Waals surface area (Å²) in [5, 5.41) is 35.1. The standard InChI is InChI=1S/C45H51FN8O5S/c1-27(29-10-12-30(13-11-29)41-28(2)47-26-60-41)49-43(58)38-22-33(55)24-54(38)44(59)42(45(3,4)5)50-40(57)25-52-16-18-53(19-17-52)37-15-14-31(20-35(37)46)32-21-36(51-48-23-32)34-8-6-7-9-39(34)56/h6-15,20-21,23,26-27,33,38,42,55-56H,16-19,22,24-25H2,1-5H3,(H,49,58)(H,50,57)/t27-,33+,38-,42?/m0/s1. The van der Waals surface area contributed by atoms with Crippen molar-refractivity contribution in [3.8, 4) is 38.6 Å². The van der Waals surface area contributed by atoms with E-state index in [1.165, 1.54) is 11.0 Å². The molecule has 0 spiro atoms. The van der Waals surface area contributed by atoms with Gasteiger partial charge < -0.3 is 30.6 Å². The molecule has 7 rings (SSSR count). The lowest BCUT2D eigenvalue weighted by atomic mass is 9.85. The van der Waals surface area contributed by atoms with E-state index in [2.05, 4.69) is 25.8 Å². The van der Waals surface area contributed by atoms with E-state index in [0.29, 0.717) is 54.3 Å². The number of rotatable bonds is 11. The molecule has 13 nitrogen and oxygen atoms in total. The van der Waals surface area contributed by atoms with Crippen molar-refractivity contribution in [1.82, 2.24) is 35.6 Å². The van der Waals surface area contributed by atoms with Crippen molar-refractivity contribution >= 4 is 34.7 Å². The number of aliphatic hydroxyl groups is 1. The Morgan fingerprint density at radius 2 is 1.67 bits per heavy atom. The van der Waals surface area contributed by atoms with Gasteiger partial charge in [0.25, 0.3) is 0 Å². The number of piperazine rings is 1. The molecule has 2 saturated heterocycles. The second kappa shape index (κ2) is 17.8. The number of nitrogens with zero attached hydrogens (tertiary/aromatic N) is 6. The Morgan fingerprint density at radius 3 is 2.33 bits per heavy atom. The maximum atomic E-state index is 15.6. The molecule has 2 fully saturated rings. The number of carbonyl (C=O) groups excluding carboxylic acids is 3. The molecule has 4 N–H and O–H groups in total. The van der Waals surface area contributed by atoms with Crippen molar-refractivity contribution < 1.29 is 29.0 Å². The molecule has 2 aliphatic heterocycles. The highest BCUT2D eigenvalue weighted by atomic mass is 32.1. The van der Waals surface area contributed by atoms with E-state index in [-0.39, 0.29) is 43.1 Å². The number of thiazole rings is 1. The molecule has 0 saturated carbocycles. The molecule has 0 aliphatic carbocycles. The number of amides is 3. The number of aryl methyl sites for hydroxylation is 1. The number of phenols is 1. The van der Waals surface area contributed by atoms with Gasteiger partial charge in [-0.05, 0) is 66.3 Å². The lowest BCUT2D eigenvalue weighted by molar-refractivity contribution is -0.144. The average molecular weight is 835 g/mol. The molecule has 60 heavy (non-hydrogen) atoms. The van der Waals surface area contributed by atoms with Gasteiger partial charge in [0.2, 0.25) is 17.7 Å². The van der Waals surface area contributed by atoms with E-state index >= 15 is 4.39 Å². The Kier molecular flexibility index (Phi) is 12.6. The topological polar surface area (TPSA) is 164 Å². The van der Waals surface area contributed by atoms with Crippen LogP contribution in [0.25, 0.3) is 32.8 Å². The van der Waals surface area contributed by atoms with E-state index in [1.807, 2.05) is 80.3 Å². The molecule has 3 amide bonds. The van der Waals surface area contributed by atoms with Crippen LogP contribution in [-0.4, -0.2) is 110 Å². The number of hydrogen-bond donors (Lipinski definition) is 4. The highest BCUT2D eigenvalue weighted by Gasteiger charge is 2.45. The van der Waals surface area contributed by atoms with Gasteiger partial charge in [-0.3, -0.25) is 19.3 Å². The molecule has 1 unspecified atom stereocenters. The van der Waals surface area contributed by atoms with Crippen LogP contribution >= 0.6 is 11.3 Å². The van der Waals surface area contributed by atoms with Gasteiger partial charge in [0.1, 0.15) is 23.7 Å². The quantitative estimate of drug-likeness (QED) is 0.132. The lowest BCUT2D eigenvalue weighted by Crippen LogP contribution is -2.59. The van der Waals surface area contributed by atoms with Gasteiger partial charge in [-0.2, -0.15) is 10.2 Å². The number of aliphatic hydroxyl groups excluding tert-OH is 1. The maximum absolute atomic E-state index is 15.6. The Bertz CT molecular complexity index is 2340. The van der Waals surface area contributed by atoms with E-state index < -0.39 is 35.3 Å². The highest BCUT2D eigenvalue weighted by molar-refractivity contribution is 7.13. The van der Waals surface area contributed by atoms with Crippen LogP contribution in [0.3, 0.4) is 0 Å². The van der Waals surface area contributed by atoms with Crippen LogP contribution in [0.15, 0.2) is 84.5 Å². The summed E-state index contributed by atoms with van der Waals surface area (Å²) in [6.45, 7) is 11.4. The second-order valence-corrected chi connectivity index (χ2v) is 17.5. The number of aromatic nitrogens is 3. The monoisotopic (exact) mass is 834 g/mol. The maximum Gasteiger partial charge on any atom is 0.246 e. The Balaban J connectivity index is 0.937.